The molecule has 0 bridgehead atoms. The minimum Gasteiger partial charge on any atom is -0.627 e. The van der Waals surface area contributed by atoms with Crippen LogP contribution in [-0.4, -0.2) is 23.1 Å². The lowest BCUT2D eigenvalue weighted by Gasteiger charge is -2.44. The zero-order valence-electron chi connectivity index (χ0n) is 15.9. The fourth-order valence-corrected chi connectivity index (χ4v) is 3.86. The maximum absolute atomic E-state index is 12.9. The Labute approximate surface area is 165 Å². The molecule has 1 saturated heterocycles. The summed E-state index contributed by atoms with van der Waals surface area (Å²) < 4.78 is -0.185. The first-order valence-corrected chi connectivity index (χ1v) is 9.84. The van der Waals surface area contributed by atoms with E-state index in [-0.39, 0.29) is 4.65 Å². The van der Waals surface area contributed by atoms with Gasteiger partial charge >= 0.3 is 0 Å². The van der Waals surface area contributed by atoms with Crippen LogP contribution >= 0.6 is 0 Å². The van der Waals surface area contributed by atoms with E-state index in [0.717, 1.165) is 47.6 Å². The van der Waals surface area contributed by atoms with Gasteiger partial charge in [0.25, 0.3) is 0 Å². The van der Waals surface area contributed by atoms with Gasteiger partial charge in [-0.25, -0.2) is 4.98 Å². The van der Waals surface area contributed by atoms with Crippen molar-refractivity contribution in [3.63, 3.8) is 0 Å². The first-order chi connectivity index (χ1) is 13.6. The second-order valence-corrected chi connectivity index (χ2v) is 7.58. The molecular weight excluding hydrogens is 348 g/mol. The summed E-state index contributed by atoms with van der Waals surface area (Å²) in [6.07, 6.45) is 6.54. The fourth-order valence-electron chi connectivity index (χ4n) is 3.86. The highest BCUT2D eigenvalue weighted by Crippen LogP contribution is 2.27. The molecule has 5 heteroatoms. The molecule has 0 unspecified atom stereocenters. The van der Waals surface area contributed by atoms with E-state index in [1.54, 1.807) is 0 Å². The van der Waals surface area contributed by atoms with Gasteiger partial charge in [0.1, 0.15) is 11.5 Å². The molecule has 2 heterocycles. The molecule has 5 nitrogen and oxygen atoms in total. The monoisotopic (exact) mass is 372 g/mol. The van der Waals surface area contributed by atoms with Gasteiger partial charge < -0.3 is 14.8 Å². The number of quaternary nitrogens is 1. The molecular formula is C23H24N4O. The van der Waals surface area contributed by atoms with Crippen molar-refractivity contribution in [2.45, 2.75) is 32.1 Å². The smallest absolute Gasteiger partial charge is 0.132 e. The first kappa shape index (κ1) is 18.4. The summed E-state index contributed by atoms with van der Waals surface area (Å²) in [5, 5.41) is 21.8. The third-order valence-corrected chi connectivity index (χ3v) is 5.48. The summed E-state index contributed by atoms with van der Waals surface area (Å²) in [6.45, 7) is 1.38. The first-order valence-electron chi connectivity index (χ1n) is 9.84. The summed E-state index contributed by atoms with van der Waals surface area (Å²) >= 11 is 0. The molecule has 1 fully saturated rings. The molecule has 0 radical (unpaired) electrons. The highest BCUT2D eigenvalue weighted by molar-refractivity contribution is 5.45. The normalized spacial score (nSPS) is 15.9. The van der Waals surface area contributed by atoms with Gasteiger partial charge in [0.2, 0.25) is 0 Å². The highest BCUT2D eigenvalue weighted by Gasteiger charge is 2.23. The molecule has 0 amide bonds. The zero-order valence-corrected chi connectivity index (χ0v) is 15.9. The van der Waals surface area contributed by atoms with Crippen molar-refractivity contribution < 1.29 is 0 Å². The highest BCUT2D eigenvalue weighted by atomic mass is 16.5. The molecule has 0 saturated carbocycles. The van der Waals surface area contributed by atoms with Crippen LogP contribution in [0, 0.1) is 16.5 Å². The summed E-state index contributed by atoms with van der Waals surface area (Å²) in [6, 6.07) is 17.8. The summed E-state index contributed by atoms with van der Waals surface area (Å²) in [5.41, 5.74) is 4.87. The molecule has 1 N–H and O–H groups in total. The topological polar surface area (TPSA) is 75.5 Å². The van der Waals surface area contributed by atoms with Crippen molar-refractivity contribution >= 4 is 5.69 Å². The Morgan fingerprint density at radius 3 is 2.25 bits per heavy atom. The largest absolute Gasteiger partial charge is 0.627 e. The summed E-state index contributed by atoms with van der Waals surface area (Å²) in [5.74, 6) is 0.917. The van der Waals surface area contributed by atoms with Crippen LogP contribution < -0.4 is 4.65 Å². The summed E-state index contributed by atoms with van der Waals surface area (Å²) in [7, 11) is 0. The quantitative estimate of drug-likeness (QED) is 0.531. The van der Waals surface area contributed by atoms with Crippen LogP contribution in [0.3, 0.4) is 0 Å². The molecule has 1 aliphatic heterocycles. The number of H-pyrrole nitrogens is 1. The Kier molecular flexibility index (Phi) is 5.25. The SMILES string of the molecule is N#Cc1ccc(Cc2cnc(Cc3ccc([N+]4([O-])CCCCC4)cc3)[nH]2)cc1. The predicted molar refractivity (Wildman–Crippen MR) is 111 cm³/mol. The van der Waals surface area contributed by atoms with E-state index in [0.29, 0.717) is 25.1 Å². The number of rotatable bonds is 5. The Hall–Kier alpha value is -2.94. The van der Waals surface area contributed by atoms with Crippen molar-refractivity contribution in [1.29, 1.82) is 5.26 Å². The number of hydroxylamine groups is 2. The average molecular weight is 372 g/mol. The van der Waals surface area contributed by atoms with E-state index < -0.39 is 0 Å². The van der Waals surface area contributed by atoms with E-state index in [2.05, 4.69) is 16.0 Å². The van der Waals surface area contributed by atoms with Crippen LogP contribution in [0.25, 0.3) is 0 Å². The Balaban J connectivity index is 1.40. The predicted octanol–water partition coefficient (Wildman–Crippen LogP) is 4.45. The molecule has 142 valence electrons. The minimum absolute atomic E-state index is 0.185. The average Bonchev–Trinajstić information content (AvgIpc) is 3.16. The Morgan fingerprint density at radius 1 is 0.929 bits per heavy atom. The molecule has 0 spiro atoms. The third-order valence-electron chi connectivity index (χ3n) is 5.48. The number of nitriles is 1. The number of hydrogen-bond acceptors (Lipinski definition) is 3. The van der Waals surface area contributed by atoms with Gasteiger partial charge in [0.15, 0.2) is 0 Å². The van der Waals surface area contributed by atoms with Crippen molar-refractivity contribution in [3.8, 4) is 6.07 Å². The molecule has 28 heavy (non-hydrogen) atoms. The summed E-state index contributed by atoms with van der Waals surface area (Å²) in [4.78, 5) is 7.88. The molecule has 0 aliphatic carbocycles. The number of imidazole rings is 1. The lowest BCUT2D eigenvalue weighted by atomic mass is 10.1. The third kappa shape index (κ3) is 4.14. The lowest BCUT2D eigenvalue weighted by molar-refractivity contribution is 0.307. The second kappa shape index (κ2) is 7.97. The molecule has 3 aromatic rings. The van der Waals surface area contributed by atoms with Gasteiger partial charge in [0, 0.05) is 24.7 Å². The molecule has 4 rings (SSSR count). The number of aromatic nitrogens is 2. The maximum Gasteiger partial charge on any atom is 0.132 e. The van der Waals surface area contributed by atoms with Crippen molar-refractivity contribution in [2.75, 3.05) is 13.1 Å². The number of aromatic amines is 1. The van der Waals surface area contributed by atoms with E-state index in [1.165, 1.54) is 6.42 Å². The van der Waals surface area contributed by atoms with Crippen molar-refractivity contribution in [1.82, 2.24) is 14.6 Å². The van der Waals surface area contributed by atoms with Gasteiger partial charge in [-0.05, 0) is 54.7 Å². The van der Waals surface area contributed by atoms with E-state index in [4.69, 9.17) is 5.26 Å². The van der Waals surface area contributed by atoms with Gasteiger partial charge in [-0.2, -0.15) is 5.26 Å². The van der Waals surface area contributed by atoms with Crippen LogP contribution in [0.15, 0.2) is 54.7 Å². The number of piperidine rings is 1. The Morgan fingerprint density at radius 2 is 1.57 bits per heavy atom. The van der Waals surface area contributed by atoms with Crippen LogP contribution in [0.2, 0.25) is 0 Å². The van der Waals surface area contributed by atoms with E-state index in [1.807, 2.05) is 54.7 Å². The van der Waals surface area contributed by atoms with E-state index in [9.17, 15) is 5.21 Å². The Bertz CT molecular complexity index is 961. The fraction of sp³-hybridized carbons (Fsp3) is 0.304. The van der Waals surface area contributed by atoms with Gasteiger partial charge in [-0.15, -0.1) is 0 Å². The molecule has 2 aromatic carbocycles. The maximum atomic E-state index is 12.9. The number of nitrogens with one attached hydrogen (secondary N) is 1. The number of nitrogens with zero attached hydrogens (tertiary/aromatic N) is 3. The van der Waals surface area contributed by atoms with Gasteiger partial charge in [0.05, 0.1) is 24.7 Å². The molecule has 1 aliphatic rings. The van der Waals surface area contributed by atoms with Crippen molar-refractivity contribution in [2.24, 2.45) is 0 Å². The van der Waals surface area contributed by atoms with E-state index >= 15 is 0 Å². The van der Waals surface area contributed by atoms with Gasteiger partial charge in [-0.3, -0.25) is 0 Å². The van der Waals surface area contributed by atoms with Crippen LogP contribution in [0.5, 0.6) is 0 Å². The van der Waals surface area contributed by atoms with Gasteiger partial charge in [-0.1, -0.05) is 24.3 Å². The number of hydrogen-bond donors (Lipinski definition) is 1. The zero-order chi connectivity index (χ0) is 19.4. The molecule has 0 atom stereocenters. The second-order valence-electron chi connectivity index (χ2n) is 7.58. The van der Waals surface area contributed by atoms with Crippen LogP contribution in [-0.2, 0) is 12.8 Å². The lowest BCUT2D eigenvalue weighted by Crippen LogP contribution is -2.47. The number of benzene rings is 2. The minimum atomic E-state index is -0.185. The standard InChI is InChI=1S/C23H24N4O/c24-16-20-6-4-18(5-7-20)14-21-17-25-23(26-21)15-19-8-10-22(11-9-19)27(28)12-2-1-3-13-27/h4-11,17H,1-3,12-15H2,(H,25,26). The van der Waals surface area contributed by atoms with Crippen LogP contribution in [0.4, 0.5) is 5.69 Å². The van der Waals surface area contributed by atoms with Crippen LogP contribution in [0.1, 0.15) is 47.5 Å². The molecule has 1 aromatic heterocycles. The van der Waals surface area contributed by atoms with Crippen molar-refractivity contribution in [3.05, 3.63) is 88.1 Å².